The van der Waals surface area contributed by atoms with Crippen molar-refractivity contribution in [3.63, 3.8) is 0 Å². The van der Waals surface area contributed by atoms with Crippen LogP contribution in [0, 0.1) is 6.92 Å². The van der Waals surface area contributed by atoms with E-state index >= 15 is 0 Å². The molecule has 4 heteroatoms. The molecule has 0 spiro atoms. The minimum absolute atomic E-state index is 0.517. The second-order valence-corrected chi connectivity index (χ2v) is 5.39. The third-order valence-electron chi connectivity index (χ3n) is 2.87. The number of hydrogen-bond acceptors (Lipinski definition) is 3. The third kappa shape index (κ3) is 2.70. The molecule has 1 saturated carbocycles. The van der Waals surface area contributed by atoms with Gasteiger partial charge in [0.2, 0.25) is 5.88 Å². The van der Waals surface area contributed by atoms with Crippen LogP contribution in [0.4, 0.5) is 0 Å². The average Bonchev–Trinajstić information content (AvgIpc) is 3.15. The molecule has 0 saturated heterocycles. The van der Waals surface area contributed by atoms with Gasteiger partial charge in [0.05, 0.1) is 0 Å². The van der Waals surface area contributed by atoms with Gasteiger partial charge in [-0.3, -0.25) is 0 Å². The number of aromatic nitrogens is 2. The number of aryl methyl sites for hydroxylation is 1. The zero-order chi connectivity index (χ0) is 12.5. The van der Waals surface area contributed by atoms with Crippen molar-refractivity contribution < 1.29 is 4.74 Å². The first-order valence-corrected chi connectivity index (χ1v) is 6.79. The topological polar surface area (TPSA) is 35.0 Å². The molecular weight excluding hydrogens is 292 g/mol. The second kappa shape index (κ2) is 4.69. The first-order valence-electron chi connectivity index (χ1n) is 6.00. The zero-order valence-corrected chi connectivity index (χ0v) is 11.6. The first-order chi connectivity index (χ1) is 8.70. The summed E-state index contributed by atoms with van der Waals surface area (Å²) in [6, 6.07) is 9.73. The van der Waals surface area contributed by atoms with Crippen molar-refractivity contribution in [3.8, 4) is 11.6 Å². The highest BCUT2D eigenvalue weighted by Crippen LogP contribution is 2.39. The molecule has 0 bridgehead atoms. The van der Waals surface area contributed by atoms with Gasteiger partial charge < -0.3 is 4.74 Å². The predicted molar refractivity (Wildman–Crippen MR) is 73.0 cm³/mol. The molecule has 3 nitrogen and oxygen atoms in total. The number of ether oxygens (including phenoxy) is 1. The maximum absolute atomic E-state index is 5.75. The molecule has 0 aliphatic heterocycles. The van der Waals surface area contributed by atoms with E-state index in [1.807, 2.05) is 24.3 Å². The lowest BCUT2D eigenvalue weighted by atomic mass is 10.2. The van der Waals surface area contributed by atoms with Crippen molar-refractivity contribution >= 4 is 15.9 Å². The van der Waals surface area contributed by atoms with Crippen LogP contribution in [0.1, 0.15) is 30.1 Å². The summed E-state index contributed by atoms with van der Waals surface area (Å²) in [7, 11) is 0. The lowest BCUT2D eigenvalue weighted by Crippen LogP contribution is -1.96. The molecule has 0 radical (unpaired) electrons. The zero-order valence-electron chi connectivity index (χ0n) is 10.1. The molecule has 1 aliphatic rings. The minimum atomic E-state index is 0.517. The highest BCUT2D eigenvalue weighted by atomic mass is 79.9. The largest absolute Gasteiger partial charge is 0.439 e. The summed E-state index contributed by atoms with van der Waals surface area (Å²) in [4.78, 5) is 8.83. The van der Waals surface area contributed by atoms with Gasteiger partial charge in [-0.2, -0.15) is 4.98 Å². The Kier molecular flexibility index (Phi) is 3.04. The fourth-order valence-corrected chi connectivity index (χ4v) is 2.09. The average molecular weight is 305 g/mol. The molecule has 1 fully saturated rings. The number of nitrogens with zero attached hydrogens (tertiary/aromatic N) is 2. The van der Waals surface area contributed by atoms with Gasteiger partial charge in [-0.1, -0.05) is 17.7 Å². The van der Waals surface area contributed by atoms with Gasteiger partial charge in [0.1, 0.15) is 16.2 Å². The smallest absolute Gasteiger partial charge is 0.223 e. The predicted octanol–water partition coefficient (Wildman–Crippen LogP) is 4.22. The Hall–Kier alpha value is -1.42. The molecule has 92 valence electrons. The number of benzene rings is 1. The maximum atomic E-state index is 5.75. The summed E-state index contributed by atoms with van der Waals surface area (Å²) in [6.07, 6.45) is 2.36. The van der Waals surface area contributed by atoms with Gasteiger partial charge in [-0.25, -0.2) is 4.98 Å². The van der Waals surface area contributed by atoms with Crippen LogP contribution in [-0.2, 0) is 0 Å². The molecule has 0 unspecified atom stereocenters. The fourth-order valence-electron chi connectivity index (χ4n) is 1.72. The van der Waals surface area contributed by atoms with Crippen LogP contribution in [-0.4, -0.2) is 9.97 Å². The Balaban J connectivity index is 1.85. The van der Waals surface area contributed by atoms with Crippen LogP contribution in [0.5, 0.6) is 11.6 Å². The van der Waals surface area contributed by atoms with E-state index in [4.69, 9.17) is 4.74 Å². The molecule has 1 heterocycles. The lowest BCUT2D eigenvalue weighted by molar-refractivity contribution is 0.457. The maximum Gasteiger partial charge on any atom is 0.223 e. The van der Waals surface area contributed by atoms with Crippen LogP contribution >= 0.6 is 15.9 Å². The van der Waals surface area contributed by atoms with Gasteiger partial charge >= 0.3 is 0 Å². The van der Waals surface area contributed by atoms with Crippen LogP contribution in [0.2, 0.25) is 0 Å². The summed E-state index contributed by atoms with van der Waals surface area (Å²) >= 11 is 3.40. The van der Waals surface area contributed by atoms with E-state index < -0.39 is 0 Å². The molecule has 0 atom stereocenters. The number of rotatable bonds is 3. The van der Waals surface area contributed by atoms with E-state index in [0.717, 1.165) is 16.2 Å². The third-order valence-corrected chi connectivity index (χ3v) is 3.28. The van der Waals surface area contributed by atoms with Crippen molar-refractivity contribution in [1.29, 1.82) is 0 Å². The van der Waals surface area contributed by atoms with Crippen molar-refractivity contribution in [1.82, 2.24) is 9.97 Å². The lowest BCUT2D eigenvalue weighted by Gasteiger charge is -2.07. The van der Waals surface area contributed by atoms with E-state index in [1.54, 1.807) is 6.07 Å². The van der Waals surface area contributed by atoms with Gasteiger partial charge in [0.15, 0.2) is 0 Å². The molecule has 3 rings (SSSR count). The van der Waals surface area contributed by atoms with E-state index in [9.17, 15) is 0 Å². The Labute approximate surface area is 114 Å². The Morgan fingerprint density at radius 3 is 2.56 bits per heavy atom. The highest BCUT2D eigenvalue weighted by molar-refractivity contribution is 9.10. The highest BCUT2D eigenvalue weighted by Gasteiger charge is 2.27. The molecule has 1 aromatic heterocycles. The standard InChI is InChI=1S/C14H13BrN2O/c1-9-2-6-11(7-3-9)18-13-8-12(15)16-14(17-13)10-4-5-10/h2-3,6-8,10H,4-5H2,1H3. The summed E-state index contributed by atoms with van der Waals surface area (Å²) < 4.78 is 6.53. The van der Waals surface area contributed by atoms with Crippen LogP contribution in [0.3, 0.4) is 0 Å². The number of halogens is 1. The monoisotopic (exact) mass is 304 g/mol. The van der Waals surface area contributed by atoms with Crippen molar-refractivity contribution in [2.45, 2.75) is 25.7 Å². The molecule has 18 heavy (non-hydrogen) atoms. The molecule has 1 aromatic carbocycles. The van der Waals surface area contributed by atoms with Crippen molar-refractivity contribution in [2.24, 2.45) is 0 Å². The van der Waals surface area contributed by atoms with Crippen molar-refractivity contribution in [3.05, 3.63) is 46.3 Å². The van der Waals surface area contributed by atoms with Gasteiger partial charge in [-0.15, -0.1) is 0 Å². The molecule has 2 aromatic rings. The molecular formula is C14H13BrN2O. The van der Waals surface area contributed by atoms with E-state index in [-0.39, 0.29) is 0 Å². The van der Waals surface area contributed by atoms with Crippen LogP contribution < -0.4 is 4.74 Å². The van der Waals surface area contributed by atoms with E-state index in [1.165, 1.54) is 18.4 Å². The second-order valence-electron chi connectivity index (χ2n) is 4.58. The summed E-state index contributed by atoms with van der Waals surface area (Å²) in [5, 5.41) is 0. The van der Waals surface area contributed by atoms with Gasteiger partial charge in [0, 0.05) is 12.0 Å². The Morgan fingerprint density at radius 1 is 1.17 bits per heavy atom. The Morgan fingerprint density at radius 2 is 1.89 bits per heavy atom. The minimum Gasteiger partial charge on any atom is -0.439 e. The molecule has 1 aliphatic carbocycles. The Bertz CT molecular complexity index is 565. The van der Waals surface area contributed by atoms with Gasteiger partial charge in [0.25, 0.3) is 0 Å². The summed E-state index contributed by atoms with van der Waals surface area (Å²) in [6.45, 7) is 2.05. The van der Waals surface area contributed by atoms with Crippen molar-refractivity contribution in [2.75, 3.05) is 0 Å². The molecule has 0 amide bonds. The van der Waals surface area contributed by atoms with E-state index in [2.05, 4.69) is 32.8 Å². The fraction of sp³-hybridized carbons (Fsp3) is 0.286. The summed E-state index contributed by atoms with van der Waals surface area (Å²) in [5.74, 6) is 2.80. The quantitative estimate of drug-likeness (QED) is 0.796. The normalized spacial score (nSPS) is 14.6. The summed E-state index contributed by atoms with van der Waals surface area (Å²) in [5.41, 5.74) is 1.21. The number of hydrogen-bond donors (Lipinski definition) is 0. The van der Waals surface area contributed by atoms with Crippen LogP contribution in [0.25, 0.3) is 0 Å². The molecule has 0 N–H and O–H groups in total. The SMILES string of the molecule is Cc1ccc(Oc2cc(Br)nc(C3CC3)n2)cc1. The van der Waals surface area contributed by atoms with E-state index in [0.29, 0.717) is 11.8 Å². The van der Waals surface area contributed by atoms with Gasteiger partial charge in [-0.05, 0) is 47.8 Å². The van der Waals surface area contributed by atoms with Crippen LogP contribution in [0.15, 0.2) is 34.9 Å². The first kappa shape index (κ1) is 11.7.